The van der Waals surface area contributed by atoms with E-state index in [1.165, 1.54) is 4.90 Å². The number of hydrogen-bond acceptors (Lipinski definition) is 5. The number of carbonyl (C=O) groups excluding carboxylic acids is 2. The van der Waals surface area contributed by atoms with Gasteiger partial charge in [0, 0.05) is 19.2 Å². The second kappa shape index (κ2) is 10.00. The Balaban J connectivity index is 2.44. The highest BCUT2D eigenvalue weighted by atomic mass is 16.5. The molecule has 160 valence electrons. The summed E-state index contributed by atoms with van der Waals surface area (Å²) in [5.41, 5.74) is 0.364. The van der Waals surface area contributed by atoms with E-state index < -0.39 is 23.5 Å². The number of aliphatic carboxylic acids is 1. The summed E-state index contributed by atoms with van der Waals surface area (Å²) in [4.78, 5) is 36.6. The zero-order valence-electron chi connectivity index (χ0n) is 17.2. The van der Waals surface area contributed by atoms with Crippen LogP contribution in [0.5, 0.6) is 0 Å². The van der Waals surface area contributed by atoms with E-state index in [2.05, 4.69) is 5.32 Å². The zero-order chi connectivity index (χ0) is 22.3. The van der Waals surface area contributed by atoms with Crippen molar-refractivity contribution in [3.63, 3.8) is 0 Å². The SMILES string of the molecule is COCCN(C=O)c1ccccc1-c1ccccc1[C@@H](C)NC(=O)C(C)(O)C(=O)O. The van der Waals surface area contributed by atoms with Crippen molar-refractivity contribution in [3.8, 4) is 11.1 Å². The van der Waals surface area contributed by atoms with Crippen LogP contribution in [0.4, 0.5) is 5.69 Å². The van der Waals surface area contributed by atoms with Gasteiger partial charge < -0.3 is 25.2 Å². The molecule has 2 aromatic rings. The number of rotatable bonds is 10. The molecule has 0 saturated heterocycles. The van der Waals surface area contributed by atoms with Crippen molar-refractivity contribution in [1.29, 1.82) is 0 Å². The summed E-state index contributed by atoms with van der Waals surface area (Å²) < 4.78 is 5.08. The van der Waals surface area contributed by atoms with E-state index in [-0.39, 0.29) is 0 Å². The number of carbonyl (C=O) groups is 3. The highest BCUT2D eigenvalue weighted by Gasteiger charge is 2.39. The molecule has 2 aromatic carbocycles. The Labute approximate surface area is 175 Å². The largest absolute Gasteiger partial charge is 0.479 e. The van der Waals surface area contributed by atoms with Gasteiger partial charge in [0.25, 0.3) is 5.91 Å². The number of aliphatic hydroxyl groups is 1. The van der Waals surface area contributed by atoms with Crippen LogP contribution < -0.4 is 10.2 Å². The van der Waals surface area contributed by atoms with Crippen molar-refractivity contribution in [2.24, 2.45) is 0 Å². The molecule has 0 saturated carbocycles. The average Bonchev–Trinajstić information content (AvgIpc) is 2.74. The maximum atomic E-state index is 12.3. The van der Waals surface area contributed by atoms with Crippen LogP contribution >= 0.6 is 0 Å². The fourth-order valence-electron chi connectivity index (χ4n) is 3.00. The number of nitrogens with zero attached hydrogens (tertiary/aromatic N) is 1. The minimum absolute atomic E-state index is 0.367. The Hall–Kier alpha value is -3.23. The molecule has 8 heteroatoms. The first kappa shape index (κ1) is 23.1. The van der Waals surface area contributed by atoms with Gasteiger partial charge in [0.05, 0.1) is 18.3 Å². The zero-order valence-corrected chi connectivity index (χ0v) is 17.2. The normalized spacial score (nSPS) is 13.7. The van der Waals surface area contributed by atoms with Gasteiger partial charge in [-0.25, -0.2) is 4.79 Å². The van der Waals surface area contributed by atoms with Crippen molar-refractivity contribution in [1.82, 2.24) is 5.32 Å². The van der Waals surface area contributed by atoms with Gasteiger partial charge in [-0.1, -0.05) is 42.5 Å². The lowest BCUT2D eigenvalue weighted by molar-refractivity contribution is -0.164. The molecule has 0 spiro atoms. The van der Waals surface area contributed by atoms with E-state index in [4.69, 9.17) is 9.84 Å². The number of hydrogen-bond donors (Lipinski definition) is 3. The summed E-state index contributed by atoms with van der Waals surface area (Å²) in [6.45, 7) is 3.36. The molecule has 0 aliphatic rings. The molecule has 30 heavy (non-hydrogen) atoms. The van der Waals surface area contributed by atoms with Crippen molar-refractivity contribution in [3.05, 3.63) is 54.1 Å². The third-order valence-electron chi connectivity index (χ3n) is 4.80. The number of ether oxygens (including phenoxy) is 1. The lowest BCUT2D eigenvalue weighted by Gasteiger charge is -2.25. The standard InChI is InChI=1S/C22H26N2O6/c1-15(23-20(26)22(2,29)21(27)28)16-8-4-5-9-17(16)18-10-6-7-11-19(18)24(14-25)12-13-30-3/h4-11,14-15,29H,12-13H2,1-3H3,(H,23,26)(H,27,28)/t15-,22?/m1/s1. The predicted octanol–water partition coefficient (Wildman–Crippen LogP) is 1.98. The summed E-state index contributed by atoms with van der Waals surface area (Å²) in [5.74, 6) is -2.65. The Bertz CT molecular complexity index is 912. The van der Waals surface area contributed by atoms with Crippen molar-refractivity contribution >= 4 is 24.0 Å². The van der Waals surface area contributed by atoms with Crippen molar-refractivity contribution in [2.45, 2.75) is 25.5 Å². The van der Waals surface area contributed by atoms with Crippen LogP contribution in [0.15, 0.2) is 48.5 Å². The summed E-state index contributed by atoms with van der Waals surface area (Å²) in [6, 6.07) is 14.0. The number of carboxylic acid groups (broad SMARTS) is 1. The van der Waals surface area contributed by atoms with Crippen LogP contribution in [-0.2, 0) is 19.1 Å². The van der Waals surface area contributed by atoms with E-state index in [1.54, 1.807) is 26.2 Å². The first-order valence-corrected chi connectivity index (χ1v) is 9.40. The Morgan fingerprint density at radius 1 is 1.17 bits per heavy atom. The van der Waals surface area contributed by atoms with Gasteiger partial charge in [-0.3, -0.25) is 9.59 Å². The minimum Gasteiger partial charge on any atom is -0.479 e. The molecule has 8 nitrogen and oxygen atoms in total. The van der Waals surface area contributed by atoms with Gasteiger partial charge in [-0.05, 0) is 31.0 Å². The molecule has 0 heterocycles. The lowest BCUT2D eigenvalue weighted by atomic mass is 9.93. The van der Waals surface area contributed by atoms with E-state index in [9.17, 15) is 19.5 Å². The fraction of sp³-hybridized carbons (Fsp3) is 0.318. The lowest BCUT2D eigenvalue weighted by Crippen LogP contribution is -2.50. The second-order valence-corrected chi connectivity index (χ2v) is 6.97. The Morgan fingerprint density at radius 2 is 1.77 bits per heavy atom. The molecule has 0 aliphatic carbocycles. The molecule has 0 fully saturated rings. The van der Waals surface area contributed by atoms with Crippen LogP contribution in [0.1, 0.15) is 25.5 Å². The number of carboxylic acids is 1. The summed E-state index contributed by atoms with van der Waals surface area (Å²) in [6.07, 6.45) is 0.732. The molecule has 3 N–H and O–H groups in total. The number of amides is 2. The van der Waals surface area contributed by atoms with Gasteiger partial charge in [0.2, 0.25) is 12.0 Å². The molecule has 2 amide bonds. The monoisotopic (exact) mass is 414 g/mol. The molecule has 0 aromatic heterocycles. The highest BCUT2D eigenvalue weighted by Crippen LogP contribution is 2.35. The van der Waals surface area contributed by atoms with Gasteiger partial charge in [0.15, 0.2) is 0 Å². The van der Waals surface area contributed by atoms with E-state index >= 15 is 0 Å². The summed E-state index contributed by atoms with van der Waals surface area (Å²) >= 11 is 0. The molecule has 0 aliphatic heterocycles. The third-order valence-corrected chi connectivity index (χ3v) is 4.80. The number of methoxy groups -OCH3 is 1. The van der Waals surface area contributed by atoms with E-state index in [0.717, 1.165) is 24.5 Å². The maximum Gasteiger partial charge on any atom is 0.345 e. The number of para-hydroxylation sites is 1. The first-order valence-electron chi connectivity index (χ1n) is 9.40. The van der Waals surface area contributed by atoms with Crippen LogP contribution in [0.3, 0.4) is 0 Å². The molecule has 2 atom stereocenters. The molecular formula is C22H26N2O6. The minimum atomic E-state index is -2.55. The first-order chi connectivity index (χ1) is 14.2. The molecule has 2 rings (SSSR count). The summed E-state index contributed by atoms with van der Waals surface area (Å²) in [7, 11) is 1.56. The van der Waals surface area contributed by atoms with Crippen LogP contribution in [0.2, 0.25) is 0 Å². The van der Waals surface area contributed by atoms with Crippen molar-refractivity contribution < 1.29 is 29.3 Å². The predicted molar refractivity (Wildman–Crippen MR) is 112 cm³/mol. The molecule has 0 radical (unpaired) electrons. The smallest absolute Gasteiger partial charge is 0.345 e. The fourth-order valence-corrected chi connectivity index (χ4v) is 3.00. The Kier molecular flexibility index (Phi) is 7.68. The molecule has 1 unspecified atom stereocenters. The van der Waals surface area contributed by atoms with Gasteiger partial charge >= 0.3 is 5.97 Å². The average molecular weight is 414 g/mol. The topological polar surface area (TPSA) is 116 Å². The third kappa shape index (κ3) is 5.03. The van der Waals surface area contributed by atoms with Gasteiger partial charge in [-0.15, -0.1) is 0 Å². The number of benzene rings is 2. The second-order valence-electron chi connectivity index (χ2n) is 6.97. The number of anilines is 1. The van der Waals surface area contributed by atoms with Crippen LogP contribution in [-0.4, -0.2) is 54.4 Å². The number of nitrogens with one attached hydrogen (secondary N) is 1. The van der Waals surface area contributed by atoms with Crippen LogP contribution in [0.25, 0.3) is 11.1 Å². The van der Waals surface area contributed by atoms with Gasteiger partial charge in [-0.2, -0.15) is 0 Å². The maximum absolute atomic E-state index is 12.3. The van der Waals surface area contributed by atoms with Gasteiger partial charge in [0.1, 0.15) is 0 Å². The van der Waals surface area contributed by atoms with Crippen molar-refractivity contribution in [2.75, 3.05) is 25.2 Å². The van der Waals surface area contributed by atoms with E-state index in [1.807, 2.05) is 36.4 Å². The van der Waals surface area contributed by atoms with E-state index in [0.29, 0.717) is 24.4 Å². The van der Waals surface area contributed by atoms with Crippen LogP contribution in [0, 0.1) is 0 Å². The highest BCUT2D eigenvalue weighted by molar-refractivity contribution is 6.04. The molecule has 0 bridgehead atoms. The summed E-state index contributed by atoms with van der Waals surface area (Å²) in [5, 5.41) is 21.5. The quantitative estimate of drug-likeness (QED) is 0.404. The Morgan fingerprint density at radius 3 is 2.37 bits per heavy atom. The molecular weight excluding hydrogens is 388 g/mol.